The lowest BCUT2D eigenvalue weighted by Gasteiger charge is -2.37. The van der Waals surface area contributed by atoms with Gasteiger partial charge in [0.15, 0.2) is 0 Å². The number of allylic oxidation sites excluding steroid dienone is 2. The smallest absolute Gasteiger partial charge is 0.269 e. The highest BCUT2D eigenvalue weighted by Crippen LogP contribution is 2.65. The van der Waals surface area contributed by atoms with Crippen LogP contribution in [0.15, 0.2) is 65.8 Å². The maximum Gasteiger partial charge on any atom is 0.269 e. The molecule has 0 radical (unpaired) electrons. The highest BCUT2D eigenvalue weighted by atomic mass is 16.6. The summed E-state index contributed by atoms with van der Waals surface area (Å²) in [7, 11) is 0. The van der Waals surface area contributed by atoms with Gasteiger partial charge in [0.25, 0.3) is 17.5 Å². The lowest BCUT2D eigenvalue weighted by atomic mass is 9.63. The van der Waals surface area contributed by atoms with E-state index in [2.05, 4.69) is 17.3 Å². The number of hydrazone groups is 1. The van der Waals surface area contributed by atoms with E-state index in [0.29, 0.717) is 23.1 Å². The van der Waals surface area contributed by atoms with Crippen molar-refractivity contribution in [1.82, 2.24) is 5.01 Å². The molecular formula is C25H21N3O5. The Morgan fingerprint density at radius 3 is 2.27 bits per heavy atom. The second-order valence-corrected chi connectivity index (χ2v) is 9.14. The number of carbonyl (C=O) groups is 2. The number of hydrogen-bond donors (Lipinski definition) is 0. The summed E-state index contributed by atoms with van der Waals surface area (Å²) < 4.78 is 5.89. The Morgan fingerprint density at radius 1 is 1.00 bits per heavy atom. The van der Waals surface area contributed by atoms with Gasteiger partial charge in [-0.2, -0.15) is 10.1 Å². The molecule has 2 saturated carbocycles. The van der Waals surface area contributed by atoms with Crippen molar-refractivity contribution in [2.24, 2.45) is 40.6 Å². The maximum atomic E-state index is 13.1. The summed E-state index contributed by atoms with van der Waals surface area (Å²) in [4.78, 5) is 36.5. The van der Waals surface area contributed by atoms with Gasteiger partial charge in [-0.3, -0.25) is 19.7 Å². The molecule has 33 heavy (non-hydrogen) atoms. The quantitative estimate of drug-likeness (QED) is 0.223. The van der Waals surface area contributed by atoms with Gasteiger partial charge in [-0.1, -0.05) is 24.3 Å². The number of imide groups is 1. The Balaban J connectivity index is 1.18. The van der Waals surface area contributed by atoms with Crippen LogP contribution in [0, 0.1) is 45.6 Å². The van der Waals surface area contributed by atoms with Crippen LogP contribution >= 0.6 is 0 Å². The van der Waals surface area contributed by atoms with Crippen LogP contribution in [0.2, 0.25) is 0 Å². The summed E-state index contributed by atoms with van der Waals surface area (Å²) in [6, 6.07) is 13.4. The van der Waals surface area contributed by atoms with Gasteiger partial charge >= 0.3 is 0 Å². The molecule has 2 bridgehead atoms. The Kier molecular flexibility index (Phi) is 4.43. The molecule has 1 heterocycles. The van der Waals surface area contributed by atoms with Crippen LogP contribution < -0.4 is 4.74 Å². The molecular weight excluding hydrogens is 422 g/mol. The van der Waals surface area contributed by atoms with E-state index in [9.17, 15) is 19.7 Å². The normalized spacial score (nSPS) is 31.1. The number of amides is 2. The molecule has 7 rings (SSSR count). The first-order chi connectivity index (χ1) is 16.0. The molecule has 1 aliphatic heterocycles. The number of benzene rings is 2. The minimum absolute atomic E-state index is 0.0211. The number of nitrogens with zero attached hydrogens (tertiary/aromatic N) is 3. The summed E-state index contributed by atoms with van der Waals surface area (Å²) >= 11 is 0. The van der Waals surface area contributed by atoms with Gasteiger partial charge in [-0.25, -0.2) is 0 Å². The van der Waals surface area contributed by atoms with Gasteiger partial charge in [-0.05, 0) is 59.9 Å². The van der Waals surface area contributed by atoms with E-state index in [1.807, 2.05) is 12.1 Å². The first kappa shape index (κ1) is 19.8. The number of rotatable bonds is 6. The van der Waals surface area contributed by atoms with E-state index < -0.39 is 4.92 Å². The average molecular weight is 443 g/mol. The largest absolute Gasteiger partial charge is 0.488 e. The van der Waals surface area contributed by atoms with Crippen molar-refractivity contribution in [3.05, 3.63) is 81.9 Å². The van der Waals surface area contributed by atoms with E-state index in [1.54, 1.807) is 24.3 Å². The fourth-order valence-electron chi connectivity index (χ4n) is 5.77. The Hall–Kier alpha value is -3.81. The van der Waals surface area contributed by atoms with Crippen molar-refractivity contribution in [2.45, 2.75) is 13.0 Å². The van der Waals surface area contributed by atoms with Gasteiger partial charge in [-0.15, -0.1) is 0 Å². The van der Waals surface area contributed by atoms with Crippen LogP contribution in [0.25, 0.3) is 0 Å². The standard InChI is InChI=1S/C25H21N3O5/c29-24-22-17-9-10-18(20-11-19(17)20)23(22)25(30)27(24)26-12-15-3-1-2-4-21(15)33-13-14-5-7-16(8-6-14)28(31)32/h1-10,12,17-20,22-23H,11,13H2/b26-12-/t17-,18-,19-,20-,22-,23+/m0/s1. The third kappa shape index (κ3) is 3.16. The van der Waals surface area contributed by atoms with E-state index in [-0.39, 0.29) is 47.8 Å². The number of hydrogen-bond acceptors (Lipinski definition) is 6. The van der Waals surface area contributed by atoms with E-state index in [0.717, 1.165) is 17.0 Å². The molecule has 166 valence electrons. The molecule has 5 aliphatic rings. The SMILES string of the molecule is O=C1[C@@H]2[C@H]3C=C[C@@H]([C@@H]4C[C@@H]34)[C@@H]2C(=O)N1/N=C\c1ccccc1OCc1ccc([N+](=O)[O-])cc1. The zero-order valence-electron chi connectivity index (χ0n) is 17.6. The van der Waals surface area contributed by atoms with E-state index in [4.69, 9.17) is 4.74 Å². The number of carbonyl (C=O) groups excluding carboxylic acids is 2. The van der Waals surface area contributed by atoms with Crippen molar-refractivity contribution in [3.63, 3.8) is 0 Å². The molecule has 0 N–H and O–H groups in total. The molecule has 0 spiro atoms. The zero-order chi connectivity index (χ0) is 22.7. The van der Waals surface area contributed by atoms with Crippen molar-refractivity contribution in [1.29, 1.82) is 0 Å². The van der Waals surface area contributed by atoms with Crippen molar-refractivity contribution >= 4 is 23.7 Å². The van der Waals surface area contributed by atoms with Crippen LogP contribution in [0.3, 0.4) is 0 Å². The third-order valence-electron chi connectivity index (χ3n) is 7.41. The molecule has 0 aromatic heterocycles. The lowest BCUT2D eigenvalue weighted by molar-refractivity contribution is -0.384. The molecule has 2 amide bonds. The van der Waals surface area contributed by atoms with Gasteiger partial charge in [0.2, 0.25) is 0 Å². The third-order valence-corrected chi connectivity index (χ3v) is 7.41. The molecule has 2 aromatic rings. The van der Waals surface area contributed by atoms with Crippen LogP contribution in [0.5, 0.6) is 5.75 Å². The van der Waals surface area contributed by atoms with E-state index >= 15 is 0 Å². The number of nitro benzene ring substituents is 1. The molecule has 8 heteroatoms. The second-order valence-electron chi connectivity index (χ2n) is 9.14. The second kappa shape index (κ2) is 7.37. The monoisotopic (exact) mass is 443 g/mol. The highest BCUT2D eigenvalue weighted by Gasteiger charge is 2.67. The maximum absolute atomic E-state index is 13.1. The predicted molar refractivity (Wildman–Crippen MR) is 118 cm³/mol. The highest BCUT2D eigenvalue weighted by molar-refractivity contribution is 6.06. The Bertz CT molecular complexity index is 1180. The number of ether oxygens (including phenoxy) is 1. The molecule has 3 fully saturated rings. The average Bonchev–Trinajstić information content (AvgIpc) is 3.61. The summed E-state index contributed by atoms with van der Waals surface area (Å²) in [5.41, 5.74) is 1.44. The van der Waals surface area contributed by atoms with Gasteiger partial charge in [0.1, 0.15) is 12.4 Å². The van der Waals surface area contributed by atoms with Gasteiger partial charge < -0.3 is 4.74 Å². The van der Waals surface area contributed by atoms with Gasteiger partial charge in [0.05, 0.1) is 23.0 Å². The van der Waals surface area contributed by atoms with Crippen molar-refractivity contribution in [3.8, 4) is 5.75 Å². The van der Waals surface area contributed by atoms with Crippen LogP contribution in [0.4, 0.5) is 5.69 Å². The van der Waals surface area contributed by atoms with Crippen molar-refractivity contribution < 1.29 is 19.2 Å². The summed E-state index contributed by atoms with van der Waals surface area (Å²) in [6.07, 6.45) is 6.90. The first-order valence-electron chi connectivity index (χ1n) is 11.1. The molecule has 8 nitrogen and oxygen atoms in total. The number of nitro groups is 1. The predicted octanol–water partition coefficient (Wildman–Crippen LogP) is 3.56. The minimum atomic E-state index is -0.446. The molecule has 1 saturated heterocycles. The van der Waals surface area contributed by atoms with Crippen molar-refractivity contribution in [2.75, 3.05) is 0 Å². The van der Waals surface area contributed by atoms with E-state index in [1.165, 1.54) is 18.3 Å². The van der Waals surface area contributed by atoms with Crippen LogP contribution in [-0.4, -0.2) is 28.0 Å². The first-order valence-corrected chi connectivity index (χ1v) is 11.1. The number of para-hydroxylation sites is 1. The minimum Gasteiger partial charge on any atom is -0.488 e. The fourth-order valence-corrected chi connectivity index (χ4v) is 5.77. The van der Waals surface area contributed by atoms with Crippen LogP contribution in [0.1, 0.15) is 17.5 Å². The molecule has 0 unspecified atom stereocenters. The molecule has 2 aromatic carbocycles. The fraction of sp³-hybridized carbons (Fsp3) is 0.320. The van der Waals surface area contributed by atoms with Crippen LogP contribution in [-0.2, 0) is 16.2 Å². The molecule has 4 aliphatic carbocycles. The topological polar surface area (TPSA) is 102 Å². The number of non-ortho nitro benzene ring substituents is 1. The zero-order valence-corrected chi connectivity index (χ0v) is 17.6. The Labute approximate surface area is 189 Å². The van der Waals surface area contributed by atoms with Gasteiger partial charge in [0, 0.05) is 17.7 Å². The molecule has 6 atom stereocenters. The lowest BCUT2D eigenvalue weighted by Crippen LogP contribution is -2.40. The summed E-state index contributed by atoms with van der Waals surface area (Å²) in [5.74, 6) is 1.03. The Morgan fingerprint density at radius 2 is 1.64 bits per heavy atom. The summed E-state index contributed by atoms with van der Waals surface area (Å²) in [6.45, 7) is 0.215. The summed E-state index contributed by atoms with van der Waals surface area (Å²) in [5, 5.41) is 16.2.